The van der Waals surface area contributed by atoms with Gasteiger partial charge in [-0.3, -0.25) is 4.79 Å². The Balaban J connectivity index is 2.47. The maximum absolute atomic E-state index is 11.5. The predicted molar refractivity (Wildman–Crippen MR) is 192 cm³/mol. The minimum absolute atomic E-state index is 0.0227. The van der Waals surface area contributed by atoms with E-state index in [1.165, 1.54) is 16.7 Å². The highest BCUT2D eigenvalue weighted by atomic mass is 16.5. The topological polar surface area (TPSA) is 46.5 Å². The van der Waals surface area contributed by atoms with E-state index in [9.17, 15) is 9.90 Å². The van der Waals surface area contributed by atoms with Gasteiger partial charge in [-0.15, -0.1) is 0 Å². The van der Waals surface area contributed by atoms with E-state index in [0.717, 1.165) is 44.8 Å². The maximum Gasteiger partial charge on any atom is 0.150 e. The number of carbonyl (C=O) groups excluding carboxylic acids is 1. The summed E-state index contributed by atoms with van der Waals surface area (Å²) in [6.07, 6.45) is 36.0. The SMILES string of the molecule is COC(C)(C)CC/C=C(C)/C=C/C=C(C=O)/C=C/CC(C)/C=C/C=C/C(C)C/C=C/C(C)/C=C/C1=C(C)C[C@@H](O)CC1(C)C. The molecule has 3 unspecified atom stereocenters. The van der Waals surface area contributed by atoms with Gasteiger partial charge in [-0.2, -0.15) is 0 Å². The molecule has 0 aromatic carbocycles. The number of carbonyl (C=O) groups is 1. The molecule has 4 atom stereocenters. The second-order valence-electron chi connectivity index (χ2n) is 14.0. The van der Waals surface area contributed by atoms with Crippen LogP contribution in [0.5, 0.6) is 0 Å². The fourth-order valence-corrected chi connectivity index (χ4v) is 5.35. The van der Waals surface area contributed by atoms with E-state index in [4.69, 9.17) is 4.74 Å². The lowest BCUT2D eigenvalue weighted by Gasteiger charge is -2.35. The maximum atomic E-state index is 11.5. The lowest BCUT2D eigenvalue weighted by atomic mass is 9.71. The van der Waals surface area contributed by atoms with Gasteiger partial charge in [0.1, 0.15) is 6.29 Å². The molecule has 3 heteroatoms. The Bertz CT molecular complexity index is 1150. The highest BCUT2D eigenvalue weighted by molar-refractivity contribution is 5.78. The van der Waals surface area contributed by atoms with Gasteiger partial charge in [0.25, 0.3) is 0 Å². The Morgan fingerprint density at radius 2 is 1.64 bits per heavy atom. The van der Waals surface area contributed by atoms with Crippen molar-refractivity contribution in [2.24, 2.45) is 23.2 Å². The van der Waals surface area contributed by atoms with Crippen molar-refractivity contribution in [2.45, 2.75) is 113 Å². The van der Waals surface area contributed by atoms with Crippen LogP contribution in [0.2, 0.25) is 0 Å². The Morgan fingerprint density at radius 3 is 2.23 bits per heavy atom. The fourth-order valence-electron chi connectivity index (χ4n) is 5.35. The first kappa shape index (κ1) is 39.3. The van der Waals surface area contributed by atoms with Crippen molar-refractivity contribution in [2.75, 3.05) is 7.11 Å². The number of allylic oxidation sites excluding steroid dienone is 17. The third-order valence-electron chi connectivity index (χ3n) is 8.35. The minimum Gasteiger partial charge on any atom is -0.393 e. The standard InChI is InChI=1S/C41H62O3/c1-32(19-13-20-35(4)26-27-39-36(5)29-38(43)30-40(39,6)7)17-11-12-18-33(2)21-14-24-37(31-42)25-15-22-34(3)23-16-28-41(8,9)44-10/h11-15,17-18,20,22-27,31-33,35,38,43H,16,19,21,28-30H2,1-10H3/b17-11+,18-12+,20-13+,22-15+,24-14+,27-26+,34-23+,37-25-/t32?,33?,35?,38-/m1/s1. The van der Waals surface area contributed by atoms with Crippen LogP contribution in [0.1, 0.15) is 101 Å². The van der Waals surface area contributed by atoms with Gasteiger partial charge < -0.3 is 9.84 Å². The summed E-state index contributed by atoms with van der Waals surface area (Å²) < 4.78 is 5.47. The number of hydrogen-bond donors (Lipinski definition) is 1. The van der Waals surface area contributed by atoms with Crippen LogP contribution in [-0.4, -0.2) is 30.2 Å². The molecule has 0 saturated carbocycles. The summed E-state index contributed by atoms with van der Waals surface area (Å²) in [7, 11) is 1.75. The van der Waals surface area contributed by atoms with E-state index in [1.807, 2.05) is 24.3 Å². The Labute approximate surface area is 270 Å². The molecule has 44 heavy (non-hydrogen) atoms. The molecule has 0 bridgehead atoms. The van der Waals surface area contributed by atoms with Gasteiger partial charge in [-0.05, 0) is 95.0 Å². The van der Waals surface area contributed by atoms with Gasteiger partial charge in [0.15, 0.2) is 0 Å². The first-order chi connectivity index (χ1) is 20.7. The van der Waals surface area contributed by atoms with Crippen molar-refractivity contribution in [3.05, 3.63) is 107 Å². The van der Waals surface area contributed by atoms with Gasteiger partial charge in [0.2, 0.25) is 0 Å². The molecule has 0 heterocycles. The summed E-state index contributed by atoms with van der Waals surface area (Å²) in [5, 5.41) is 10.1. The molecule has 0 aromatic heterocycles. The van der Waals surface area contributed by atoms with Crippen LogP contribution in [0.15, 0.2) is 107 Å². The molecule has 0 amide bonds. The molecule has 0 radical (unpaired) electrons. The zero-order chi connectivity index (χ0) is 33.2. The third-order valence-corrected chi connectivity index (χ3v) is 8.35. The van der Waals surface area contributed by atoms with E-state index < -0.39 is 0 Å². The summed E-state index contributed by atoms with van der Waals surface area (Å²) in [5.41, 5.74) is 4.44. The van der Waals surface area contributed by atoms with Crippen molar-refractivity contribution >= 4 is 6.29 Å². The van der Waals surface area contributed by atoms with Crippen LogP contribution >= 0.6 is 0 Å². The summed E-state index contributed by atoms with van der Waals surface area (Å²) in [4.78, 5) is 11.5. The zero-order valence-corrected chi connectivity index (χ0v) is 29.5. The van der Waals surface area contributed by atoms with Gasteiger partial charge in [-0.1, -0.05) is 131 Å². The zero-order valence-electron chi connectivity index (χ0n) is 29.5. The third kappa shape index (κ3) is 16.9. The van der Waals surface area contributed by atoms with Crippen LogP contribution in [0, 0.1) is 23.2 Å². The molecule has 1 aliphatic carbocycles. The van der Waals surface area contributed by atoms with Crippen LogP contribution in [-0.2, 0) is 9.53 Å². The van der Waals surface area contributed by atoms with Crippen molar-refractivity contribution in [1.29, 1.82) is 0 Å². The van der Waals surface area contributed by atoms with Crippen LogP contribution in [0.25, 0.3) is 0 Å². The molecule has 3 nitrogen and oxygen atoms in total. The monoisotopic (exact) mass is 602 g/mol. The number of rotatable bonds is 18. The quantitative estimate of drug-likeness (QED) is 0.0735. The normalized spacial score (nSPS) is 21.2. The summed E-state index contributed by atoms with van der Waals surface area (Å²) in [5.74, 6) is 1.23. The number of methoxy groups -OCH3 is 1. The first-order valence-corrected chi connectivity index (χ1v) is 16.5. The summed E-state index contributed by atoms with van der Waals surface area (Å²) in [6.45, 7) is 19.5. The Hall–Kier alpha value is -2.75. The molecule has 0 fully saturated rings. The lowest BCUT2D eigenvalue weighted by Crippen LogP contribution is -2.28. The van der Waals surface area contributed by atoms with E-state index in [-0.39, 0.29) is 17.1 Å². The highest BCUT2D eigenvalue weighted by Crippen LogP contribution is 2.41. The second kappa shape index (κ2) is 20.3. The van der Waals surface area contributed by atoms with E-state index >= 15 is 0 Å². The van der Waals surface area contributed by atoms with Crippen molar-refractivity contribution in [1.82, 2.24) is 0 Å². The molecular weight excluding hydrogens is 540 g/mol. The van der Waals surface area contributed by atoms with Crippen LogP contribution in [0.4, 0.5) is 0 Å². The molecule has 1 N–H and O–H groups in total. The highest BCUT2D eigenvalue weighted by Gasteiger charge is 2.31. The van der Waals surface area contributed by atoms with Gasteiger partial charge >= 0.3 is 0 Å². The fraction of sp³-hybridized carbons (Fsp3) is 0.537. The molecule has 0 saturated heterocycles. The second-order valence-corrected chi connectivity index (χ2v) is 14.0. The Kier molecular flexibility index (Phi) is 18.1. The largest absolute Gasteiger partial charge is 0.393 e. The number of aldehydes is 1. The molecule has 0 spiro atoms. The van der Waals surface area contributed by atoms with E-state index in [1.54, 1.807) is 7.11 Å². The van der Waals surface area contributed by atoms with Gasteiger partial charge in [0.05, 0.1) is 11.7 Å². The Morgan fingerprint density at radius 1 is 1.00 bits per heavy atom. The first-order valence-electron chi connectivity index (χ1n) is 16.5. The average Bonchev–Trinajstić information content (AvgIpc) is 2.93. The van der Waals surface area contributed by atoms with E-state index in [0.29, 0.717) is 23.3 Å². The van der Waals surface area contributed by atoms with E-state index in [2.05, 4.69) is 123 Å². The van der Waals surface area contributed by atoms with Gasteiger partial charge in [-0.25, -0.2) is 0 Å². The van der Waals surface area contributed by atoms with Crippen molar-refractivity contribution in [3.63, 3.8) is 0 Å². The van der Waals surface area contributed by atoms with Crippen LogP contribution in [0.3, 0.4) is 0 Å². The molecule has 1 rings (SSSR count). The number of aliphatic hydroxyl groups is 1. The molecule has 244 valence electrons. The van der Waals surface area contributed by atoms with Gasteiger partial charge in [0, 0.05) is 12.7 Å². The minimum atomic E-state index is -0.219. The van der Waals surface area contributed by atoms with Crippen molar-refractivity contribution < 1.29 is 14.6 Å². The number of ether oxygens (including phenoxy) is 1. The smallest absolute Gasteiger partial charge is 0.150 e. The van der Waals surface area contributed by atoms with Crippen LogP contribution < -0.4 is 0 Å². The number of hydrogen-bond acceptors (Lipinski definition) is 3. The summed E-state index contributed by atoms with van der Waals surface area (Å²) >= 11 is 0. The predicted octanol–water partition coefficient (Wildman–Crippen LogP) is 10.8. The molecule has 1 aliphatic rings. The average molecular weight is 603 g/mol. The molecule has 0 aromatic rings. The number of aliphatic hydroxyl groups excluding tert-OH is 1. The van der Waals surface area contributed by atoms with Crippen molar-refractivity contribution in [3.8, 4) is 0 Å². The summed E-state index contributed by atoms with van der Waals surface area (Å²) in [6, 6.07) is 0. The lowest BCUT2D eigenvalue weighted by molar-refractivity contribution is -0.104. The molecular formula is C41H62O3. The molecule has 0 aliphatic heterocycles.